The van der Waals surface area contributed by atoms with Gasteiger partial charge in [0.2, 0.25) is 5.88 Å². The summed E-state index contributed by atoms with van der Waals surface area (Å²) in [7, 11) is 0. The summed E-state index contributed by atoms with van der Waals surface area (Å²) in [5, 5.41) is 9.12. The number of ether oxygens (including phenoxy) is 1. The minimum atomic E-state index is -1.55. The van der Waals surface area contributed by atoms with Crippen molar-refractivity contribution in [2.45, 2.75) is 0 Å². The van der Waals surface area contributed by atoms with Gasteiger partial charge in [0.25, 0.3) is 0 Å². The molecule has 0 amide bonds. The lowest BCUT2D eigenvalue weighted by molar-refractivity contribution is 0.142. The molecule has 0 atom stereocenters. The molecule has 0 saturated heterocycles. The number of halogens is 3. The van der Waals surface area contributed by atoms with Crippen molar-refractivity contribution in [3.63, 3.8) is 0 Å². The maximum Gasteiger partial charge on any atom is 0.512 e. The lowest BCUT2D eigenvalue weighted by Gasteiger charge is -2.11. The van der Waals surface area contributed by atoms with Crippen molar-refractivity contribution in [1.29, 1.82) is 0 Å². The van der Waals surface area contributed by atoms with Gasteiger partial charge in [0.05, 0.1) is 16.4 Å². The molecule has 8 heteroatoms. The van der Waals surface area contributed by atoms with Crippen molar-refractivity contribution in [1.82, 2.24) is 4.98 Å². The van der Waals surface area contributed by atoms with E-state index in [0.717, 1.165) is 0 Å². The van der Waals surface area contributed by atoms with E-state index in [1.54, 1.807) is 24.3 Å². The maximum atomic E-state index is 10.6. The largest absolute Gasteiger partial charge is 0.512 e. The third-order valence-electron chi connectivity index (χ3n) is 2.38. The van der Waals surface area contributed by atoms with Crippen molar-refractivity contribution < 1.29 is 14.6 Å². The number of pyridine rings is 1. The standard InChI is InChI=1S/C12H7Cl3N2O3/c13-6-3-1-5(2-4-6)10-7(14)9(16)8(15)11(17-10)20-12(18)19/h1-4H,(H2,16,17)(H,18,19). The lowest BCUT2D eigenvalue weighted by atomic mass is 10.1. The molecule has 2 aromatic rings. The highest BCUT2D eigenvalue weighted by atomic mass is 35.5. The summed E-state index contributed by atoms with van der Waals surface area (Å²) in [5.74, 6) is -0.328. The van der Waals surface area contributed by atoms with Gasteiger partial charge < -0.3 is 15.6 Å². The zero-order valence-electron chi connectivity index (χ0n) is 9.73. The number of nitrogens with two attached hydrogens (primary N) is 1. The van der Waals surface area contributed by atoms with Gasteiger partial charge in [0.15, 0.2) is 0 Å². The predicted molar refractivity (Wildman–Crippen MR) is 77.8 cm³/mol. The van der Waals surface area contributed by atoms with Crippen molar-refractivity contribution >= 4 is 46.6 Å². The Kier molecular flexibility index (Phi) is 4.23. The topological polar surface area (TPSA) is 85.4 Å². The molecule has 1 heterocycles. The van der Waals surface area contributed by atoms with Gasteiger partial charge in [-0.05, 0) is 12.1 Å². The second-order valence-electron chi connectivity index (χ2n) is 3.68. The monoisotopic (exact) mass is 332 g/mol. The Bertz CT molecular complexity index is 675. The Balaban J connectivity index is 2.60. The molecule has 0 bridgehead atoms. The highest BCUT2D eigenvalue weighted by molar-refractivity contribution is 6.41. The average molecular weight is 334 g/mol. The molecule has 1 aromatic carbocycles. The summed E-state index contributed by atoms with van der Waals surface area (Å²) in [4.78, 5) is 14.6. The summed E-state index contributed by atoms with van der Waals surface area (Å²) in [6, 6.07) is 6.59. The van der Waals surface area contributed by atoms with Gasteiger partial charge in [-0.25, -0.2) is 9.78 Å². The minimum absolute atomic E-state index is 0.00969. The summed E-state index contributed by atoms with van der Waals surface area (Å²) < 4.78 is 4.48. The summed E-state index contributed by atoms with van der Waals surface area (Å²) in [6.07, 6.45) is -1.55. The molecule has 104 valence electrons. The molecule has 1 aromatic heterocycles. The first-order valence-corrected chi connectivity index (χ1v) is 6.34. The number of carboxylic acid groups (broad SMARTS) is 1. The molecule has 0 saturated carbocycles. The lowest BCUT2D eigenvalue weighted by Crippen LogP contribution is -2.07. The Morgan fingerprint density at radius 2 is 1.75 bits per heavy atom. The molecule has 20 heavy (non-hydrogen) atoms. The molecule has 0 fully saturated rings. The van der Waals surface area contributed by atoms with Gasteiger partial charge in [-0.2, -0.15) is 0 Å². The number of nitrogens with zero attached hydrogens (tertiary/aromatic N) is 1. The summed E-state index contributed by atoms with van der Waals surface area (Å²) in [6.45, 7) is 0. The van der Waals surface area contributed by atoms with Gasteiger partial charge >= 0.3 is 6.16 Å². The van der Waals surface area contributed by atoms with E-state index in [2.05, 4.69) is 9.72 Å². The highest BCUT2D eigenvalue weighted by Crippen LogP contribution is 2.40. The van der Waals surface area contributed by atoms with E-state index in [4.69, 9.17) is 45.6 Å². The van der Waals surface area contributed by atoms with Crippen LogP contribution in [0.25, 0.3) is 11.3 Å². The summed E-state index contributed by atoms with van der Waals surface area (Å²) in [5.41, 5.74) is 6.56. The average Bonchev–Trinajstić information content (AvgIpc) is 2.40. The Morgan fingerprint density at radius 1 is 1.15 bits per heavy atom. The zero-order chi connectivity index (χ0) is 14.9. The van der Waals surface area contributed by atoms with Crippen LogP contribution in [-0.2, 0) is 0 Å². The highest BCUT2D eigenvalue weighted by Gasteiger charge is 2.19. The van der Waals surface area contributed by atoms with E-state index < -0.39 is 6.16 Å². The number of hydrogen-bond donors (Lipinski definition) is 2. The van der Waals surface area contributed by atoms with Crippen LogP contribution in [-0.4, -0.2) is 16.2 Å². The van der Waals surface area contributed by atoms with Crippen LogP contribution in [0.1, 0.15) is 0 Å². The fourth-order valence-corrected chi connectivity index (χ4v) is 2.08. The smallest absolute Gasteiger partial charge is 0.449 e. The van der Waals surface area contributed by atoms with Crippen molar-refractivity contribution in [2.75, 3.05) is 5.73 Å². The van der Waals surface area contributed by atoms with Crippen LogP contribution in [0.4, 0.5) is 10.5 Å². The molecule has 0 unspecified atom stereocenters. The van der Waals surface area contributed by atoms with Crippen molar-refractivity contribution in [2.24, 2.45) is 0 Å². The SMILES string of the molecule is Nc1c(Cl)c(OC(=O)O)nc(-c2ccc(Cl)cc2)c1Cl. The number of rotatable bonds is 2. The number of aromatic nitrogens is 1. The van der Waals surface area contributed by atoms with Gasteiger partial charge in [-0.15, -0.1) is 0 Å². The first kappa shape index (κ1) is 14.7. The predicted octanol–water partition coefficient (Wildman–Crippen LogP) is 4.35. The zero-order valence-corrected chi connectivity index (χ0v) is 12.0. The van der Waals surface area contributed by atoms with E-state index in [-0.39, 0.29) is 27.3 Å². The Morgan fingerprint density at radius 3 is 2.30 bits per heavy atom. The molecule has 3 N–H and O–H groups in total. The first-order valence-electron chi connectivity index (χ1n) is 5.21. The number of carbonyl (C=O) groups is 1. The van der Waals surface area contributed by atoms with E-state index >= 15 is 0 Å². The molecule has 0 aliphatic heterocycles. The number of benzene rings is 1. The Hall–Kier alpha value is -1.69. The quantitative estimate of drug-likeness (QED) is 0.798. The number of anilines is 1. The van der Waals surface area contributed by atoms with Crippen LogP contribution in [0, 0.1) is 0 Å². The molecule has 0 aliphatic rings. The number of hydrogen-bond acceptors (Lipinski definition) is 4. The molecular weight excluding hydrogens is 327 g/mol. The van der Waals surface area contributed by atoms with Gasteiger partial charge in [0, 0.05) is 10.6 Å². The molecule has 0 radical (unpaired) electrons. The van der Waals surface area contributed by atoms with Crippen molar-refractivity contribution in [3.8, 4) is 17.1 Å². The summed E-state index contributed by atoms with van der Waals surface area (Å²) >= 11 is 17.7. The third kappa shape index (κ3) is 2.90. The second-order valence-corrected chi connectivity index (χ2v) is 4.87. The van der Waals surface area contributed by atoms with E-state index in [1.165, 1.54) is 0 Å². The van der Waals surface area contributed by atoms with Crippen LogP contribution in [0.15, 0.2) is 24.3 Å². The third-order valence-corrected chi connectivity index (χ3v) is 3.38. The molecule has 0 aliphatic carbocycles. The van der Waals surface area contributed by atoms with Crippen molar-refractivity contribution in [3.05, 3.63) is 39.3 Å². The van der Waals surface area contributed by atoms with E-state index in [0.29, 0.717) is 10.6 Å². The molecule has 2 rings (SSSR count). The molecular formula is C12H7Cl3N2O3. The Labute approximate surface area is 128 Å². The number of nitrogen functional groups attached to an aromatic ring is 1. The van der Waals surface area contributed by atoms with E-state index in [1.807, 2.05) is 0 Å². The maximum absolute atomic E-state index is 10.6. The fourth-order valence-electron chi connectivity index (χ4n) is 1.49. The normalized spacial score (nSPS) is 10.3. The van der Waals surface area contributed by atoms with Crippen LogP contribution in [0.2, 0.25) is 15.1 Å². The first-order chi connectivity index (χ1) is 9.40. The van der Waals surface area contributed by atoms with Gasteiger partial charge in [-0.1, -0.05) is 46.9 Å². The van der Waals surface area contributed by atoms with Crippen LogP contribution < -0.4 is 10.5 Å². The van der Waals surface area contributed by atoms with Crippen LogP contribution in [0.3, 0.4) is 0 Å². The van der Waals surface area contributed by atoms with Crippen LogP contribution in [0.5, 0.6) is 5.88 Å². The molecule has 5 nitrogen and oxygen atoms in total. The fraction of sp³-hybridized carbons (Fsp3) is 0. The van der Waals surface area contributed by atoms with Crippen LogP contribution >= 0.6 is 34.8 Å². The minimum Gasteiger partial charge on any atom is -0.449 e. The molecule has 0 spiro atoms. The second kappa shape index (κ2) is 5.75. The van der Waals surface area contributed by atoms with E-state index in [9.17, 15) is 4.79 Å². The van der Waals surface area contributed by atoms with Gasteiger partial charge in [-0.3, -0.25) is 0 Å². The van der Waals surface area contributed by atoms with Gasteiger partial charge in [0.1, 0.15) is 5.02 Å².